The number of aryl methyl sites for hydroxylation is 2. The molecule has 1 aromatic carbocycles. The Morgan fingerprint density at radius 2 is 2.04 bits per heavy atom. The van der Waals surface area contributed by atoms with E-state index >= 15 is 0 Å². The molecule has 6 nitrogen and oxygen atoms in total. The van der Waals surface area contributed by atoms with Gasteiger partial charge in [0.25, 0.3) is 5.91 Å². The van der Waals surface area contributed by atoms with Crippen molar-refractivity contribution in [2.45, 2.75) is 20.3 Å². The van der Waals surface area contributed by atoms with E-state index in [0.29, 0.717) is 40.3 Å². The summed E-state index contributed by atoms with van der Waals surface area (Å²) in [6.07, 6.45) is 0.664. The Bertz CT molecular complexity index is 977. The van der Waals surface area contributed by atoms with Gasteiger partial charge in [-0.2, -0.15) is 5.10 Å². The van der Waals surface area contributed by atoms with Gasteiger partial charge in [0.15, 0.2) is 5.65 Å². The molecular formula is C18H20FN5O. The maximum atomic E-state index is 14.3. The van der Waals surface area contributed by atoms with E-state index in [9.17, 15) is 9.18 Å². The third-order valence-corrected chi connectivity index (χ3v) is 4.13. The van der Waals surface area contributed by atoms with Gasteiger partial charge in [0.1, 0.15) is 17.2 Å². The fourth-order valence-corrected chi connectivity index (χ4v) is 2.75. The number of nitrogens with zero attached hydrogens (tertiary/aromatic N) is 4. The average molecular weight is 341 g/mol. The summed E-state index contributed by atoms with van der Waals surface area (Å²) in [5.41, 5.74) is 9.29. The highest BCUT2D eigenvalue weighted by molar-refractivity contribution is 5.92. The average Bonchev–Trinajstić information content (AvgIpc) is 2.90. The van der Waals surface area contributed by atoms with E-state index in [2.05, 4.69) is 10.1 Å². The molecule has 2 heterocycles. The predicted octanol–water partition coefficient (Wildman–Crippen LogP) is 2.69. The number of amides is 1. The van der Waals surface area contributed by atoms with Crippen LogP contribution in [0.25, 0.3) is 16.9 Å². The SMILES string of the molecule is CCc1cc(C(=O)N(C)C)nc2c(C)c(-c3ccc(N)cc3F)nn12. The van der Waals surface area contributed by atoms with Crippen molar-refractivity contribution in [1.29, 1.82) is 0 Å². The number of hydrogen-bond acceptors (Lipinski definition) is 4. The molecule has 0 atom stereocenters. The Balaban J connectivity index is 2.27. The van der Waals surface area contributed by atoms with Crippen LogP contribution < -0.4 is 5.73 Å². The van der Waals surface area contributed by atoms with Crippen molar-refractivity contribution in [2.75, 3.05) is 19.8 Å². The van der Waals surface area contributed by atoms with E-state index in [1.165, 1.54) is 11.0 Å². The summed E-state index contributed by atoms with van der Waals surface area (Å²) in [4.78, 5) is 18.2. The highest BCUT2D eigenvalue weighted by Gasteiger charge is 2.20. The second-order valence-electron chi connectivity index (χ2n) is 6.13. The van der Waals surface area contributed by atoms with Gasteiger partial charge in [-0.1, -0.05) is 6.92 Å². The smallest absolute Gasteiger partial charge is 0.272 e. The number of anilines is 1. The molecule has 130 valence electrons. The number of nitrogens with two attached hydrogens (primary N) is 1. The Hall–Kier alpha value is -2.96. The fourth-order valence-electron chi connectivity index (χ4n) is 2.75. The molecule has 0 aliphatic rings. The van der Waals surface area contributed by atoms with Gasteiger partial charge < -0.3 is 10.6 Å². The zero-order valence-corrected chi connectivity index (χ0v) is 14.7. The third kappa shape index (κ3) is 2.82. The van der Waals surface area contributed by atoms with Crippen LogP contribution in [0.1, 0.15) is 28.7 Å². The standard InChI is InChI=1S/C18H20FN5O/c1-5-12-9-15(18(25)23(3)4)21-17-10(2)16(22-24(12)17)13-7-6-11(20)8-14(13)19/h6-9H,5,20H2,1-4H3. The Morgan fingerprint density at radius 3 is 2.64 bits per heavy atom. The van der Waals surface area contributed by atoms with Crippen molar-refractivity contribution in [3.05, 3.63) is 47.0 Å². The fraction of sp³-hybridized carbons (Fsp3) is 0.278. The number of aromatic nitrogens is 3. The first-order chi connectivity index (χ1) is 11.8. The molecule has 7 heteroatoms. The summed E-state index contributed by atoms with van der Waals surface area (Å²) in [5, 5.41) is 4.54. The lowest BCUT2D eigenvalue weighted by Crippen LogP contribution is -2.23. The number of carbonyl (C=O) groups is 1. The zero-order chi connectivity index (χ0) is 18.3. The van der Waals surface area contributed by atoms with Crippen molar-refractivity contribution >= 4 is 17.2 Å². The molecule has 0 radical (unpaired) electrons. The van der Waals surface area contributed by atoms with Gasteiger partial charge in [-0.25, -0.2) is 13.9 Å². The Kier molecular flexibility index (Phi) is 4.16. The normalized spacial score (nSPS) is 11.1. The van der Waals surface area contributed by atoms with Crippen LogP contribution in [0.15, 0.2) is 24.3 Å². The Morgan fingerprint density at radius 1 is 1.32 bits per heavy atom. The van der Waals surface area contributed by atoms with Crippen molar-refractivity contribution in [3.8, 4) is 11.3 Å². The first-order valence-electron chi connectivity index (χ1n) is 7.99. The lowest BCUT2D eigenvalue weighted by Gasteiger charge is -2.11. The highest BCUT2D eigenvalue weighted by Crippen LogP contribution is 2.29. The van der Waals surface area contributed by atoms with Crippen LogP contribution >= 0.6 is 0 Å². The van der Waals surface area contributed by atoms with E-state index in [4.69, 9.17) is 5.73 Å². The molecule has 2 N–H and O–H groups in total. The molecule has 0 saturated carbocycles. The molecule has 0 fully saturated rings. The molecule has 3 aromatic rings. The molecule has 3 rings (SSSR count). The molecular weight excluding hydrogens is 321 g/mol. The first-order valence-corrected chi connectivity index (χ1v) is 7.99. The first kappa shape index (κ1) is 16.9. The number of nitrogen functional groups attached to an aromatic ring is 1. The molecule has 0 spiro atoms. The van der Waals surface area contributed by atoms with Crippen molar-refractivity contribution < 1.29 is 9.18 Å². The topological polar surface area (TPSA) is 76.5 Å². The van der Waals surface area contributed by atoms with Crippen LogP contribution in [0.2, 0.25) is 0 Å². The minimum Gasteiger partial charge on any atom is -0.399 e. The number of fused-ring (bicyclic) bond motifs is 1. The predicted molar refractivity (Wildman–Crippen MR) is 94.9 cm³/mol. The van der Waals surface area contributed by atoms with Crippen molar-refractivity contribution in [1.82, 2.24) is 19.5 Å². The summed E-state index contributed by atoms with van der Waals surface area (Å²) in [6.45, 7) is 3.79. The molecule has 0 bridgehead atoms. The number of benzene rings is 1. The summed E-state index contributed by atoms with van der Waals surface area (Å²) >= 11 is 0. The number of carbonyl (C=O) groups excluding carboxylic acids is 1. The van der Waals surface area contributed by atoms with E-state index in [1.54, 1.807) is 36.8 Å². The minimum absolute atomic E-state index is 0.182. The molecule has 0 saturated heterocycles. The van der Waals surface area contributed by atoms with Gasteiger partial charge in [0.2, 0.25) is 0 Å². The molecule has 25 heavy (non-hydrogen) atoms. The van der Waals surface area contributed by atoms with Gasteiger partial charge in [0, 0.05) is 36.6 Å². The quantitative estimate of drug-likeness (QED) is 0.743. The van der Waals surface area contributed by atoms with Gasteiger partial charge >= 0.3 is 0 Å². The number of halogens is 1. The second-order valence-corrected chi connectivity index (χ2v) is 6.13. The van der Waals surface area contributed by atoms with Crippen LogP contribution in [0.3, 0.4) is 0 Å². The Labute approximate surface area is 145 Å². The van der Waals surface area contributed by atoms with Gasteiger partial charge in [0.05, 0.1) is 0 Å². The van der Waals surface area contributed by atoms with Crippen molar-refractivity contribution in [3.63, 3.8) is 0 Å². The molecule has 0 aliphatic heterocycles. The lowest BCUT2D eigenvalue weighted by molar-refractivity contribution is 0.0822. The number of hydrogen-bond donors (Lipinski definition) is 1. The maximum Gasteiger partial charge on any atom is 0.272 e. The van der Waals surface area contributed by atoms with Crippen molar-refractivity contribution in [2.24, 2.45) is 0 Å². The largest absolute Gasteiger partial charge is 0.399 e. The monoisotopic (exact) mass is 341 g/mol. The highest BCUT2D eigenvalue weighted by atomic mass is 19.1. The van der Waals surface area contributed by atoms with E-state index < -0.39 is 5.82 Å². The van der Waals surface area contributed by atoms with Crippen LogP contribution in [0, 0.1) is 12.7 Å². The van der Waals surface area contributed by atoms with Crippen LogP contribution in [0.5, 0.6) is 0 Å². The second kappa shape index (κ2) is 6.16. The van der Waals surface area contributed by atoms with E-state index in [1.807, 2.05) is 13.8 Å². The van der Waals surface area contributed by atoms with Gasteiger partial charge in [-0.15, -0.1) is 0 Å². The third-order valence-electron chi connectivity index (χ3n) is 4.13. The van der Waals surface area contributed by atoms with Gasteiger partial charge in [-0.3, -0.25) is 4.79 Å². The number of rotatable bonds is 3. The zero-order valence-electron chi connectivity index (χ0n) is 14.7. The maximum absolute atomic E-state index is 14.3. The molecule has 2 aromatic heterocycles. The summed E-state index contributed by atoms with van der Waals surface area (Å²) in [6, 6.07) is 6.24. The van der Waals surface area contributed by atoms with Crippen LogP contribution in [-0.4, -0.2) is 39.5 Å². The molecule has 0 unspecified atom stereocenters. The lowest BCUT2D eigenvalue weighted by atomic mass is 10.1. The minimum atomic E-state index is -0.436. The molecule has 1 amide bonds. The van der Waals surface area contributed by atoms with Gasteiger partial charge in [-0.05, 0) is 37.6 Å². The molecule has 0 aliphatic carbocycles. The summed E-state index contributed by atoms with van der Waals surface area (Å²) < 4.78 is 16.0. The van der Waals surface area contributed by atoms with E-state index in [0.717, 1.165) is 5.69 Å². The van der Waals surface area contributed by atoms with Crippen LogP contribution in [0.4, 0.5) is 10.1 Å². The van der Waals surface area contributed by atoms with Crippen LogP contribution in [-0.2, 0) is 6.42 Å². The summed E-state index contributed by atoms with van der Waals surface area (Å²) in [7, 11) is 3.36. The van der Waals surface area contributed by atoms with E-state index in [-0.39, 0.29) is 5.91 Å². The summed E-state index contributed by atoms with van der Waals surface area (Å²) in [5.74, 6) is -0.618.